The number of aromatic nitrogens is 3. The van der Waals surface area contributed by atoms with Crippen molar-refractivity contribution in [1.82, 2.24) is 14.5 Å². The number of hydrogen-bond donors (Lipinski definition) is 1. The van der Waals surface area contributed by atoms with Gasteiger partial charge in [0.1, 0.15) is 22.0 Å². The summed E-state index contributed by atoms with van der Waals surface area (Å²) < 4.78 is 1.81. The zero-order valence-corrected chi connectivity index (χ0v) is 11.8. The van der Waals surface area contributed by atoms with Crippen molar-refractivity contribution in [2.45, 2.75) is 31.7 Å². The Morgan fingerprint density at radius 2 is 2.22 bits per heavy atom. The molecule has 2 N–H and O–H groups in total. The summed E-state index contributed by atoms with van der Waals surface area (Å²) in [5.74, 6) is 0.770. The first-order valence-electron chi connectivity index (χ1n) is 6.08. The number of hydrogen-bond acceptors (Lipinski definition) is 4. The number of aryl methyl sites for hydroxylation is 2. The lowest BCUT2D eigenvalue weighted by Gasteiger charge is -2.08. The molecule has 2 heterocycles. The summed E-state index contributed by atoms with van der Waals surface area (Å²) >= 11 is 7.71. The summed E-state index contributed by atoms with van der Waals surface area (Å²) in [5, 5.41) is 1.55. The molecule has 1 unspecified atom stereocenters. The number of rotatable bonds is 2. The van der Waals surface area contributed by atoms with Crippen LogP contribution >= 0.6 is 22.9 Å². The number of halogens is 1. The number of nitrogens with two attached hydrogens (primary N) is 1. The summed E-state index contributed by atoms with van der Waals surface area (Å²) in [5.41, 5.74) is 7.48. The van der Waals surface area contributed by atoms with Crippen molar-refractivity contribution in [2.75, 3.05) is 0 Å². The van der Waals surface area contributed by atoms with Crippen molar-refractivity contribution >= 4 is 22.9 Å². The van der Waals surface area contributed by atoms with Gasteiger partial charge < -0.3 is 10.3 Å². The lowest BCUT2D eigenvalue weighted by molar-refractivity contribution is 0.672. The van der Waals surface area contributed by atoms with Crippen LogP contribution in [0, 0.1) is 0 Å². The number of fused-ring (bicyclic) bond motifs is 1. The van der Waals surface area contributed by atoms with Gasteiger partial charge in [-0.15, -0.1) is 11.3 Å². The van der Waals surface area contributed by atoms with Crippen LogP contribution in [0.25, 0.3) is 0 Å². The molecular formula is C12H15ClN4S. The fourth-order valence-corrected chi connectivity index (χ4v) is 3.59. The van der Waals surface area contributed by atoms with Crippen molar-refractivity contribution in [3.8, 4) is 0 Å². The van der Waals surface area contributed by atoms with E-state index in [1.54, 1.807) is 17.5 Å². The molecule has 0 radical (unpaired) electrons. The zero-order chi connectivity index (χ0) is 12.7. The third-order valence-corrected chi connectivity index (χ3v) is 4.97. The van der Waals surface area contributed by atoms with Crippen LogP contribution in [0.4, 0.5) is 0 Å². The topological polar surface area (TPSA) is 56.7 Å². The molecule has 0 bridgehead atoms. The molecule has 96 valence electrons. The largest absolute Gasteiger partial charge is 0.321 e. The number of thiazole rings is 1. The van der Waals surface area contributed by atoms with Gasteiger partial charge in [0, 0.05) is 11.9 Å². The van der Waals surface area contributed by atoms with E-state index in [2.05, 4.69) is 9.97 Å². The van der Waals surface area contributed by atoms with E-state index in [1.807, 2.05) is 11.6 Å². The first kappa shape index (κ1) is 12.1. The zero-order valence-electron chi connectivity index (χ0n) is 10.2. The van der Waals surface area contributed by atoms with Crippen LogP contribution in [0.2, 0.25) is 5.15 Å². The molecule has 0 spiro atoms. The molecule has 0 fully saturated rings. The Kier molecular flexibility index (Phi) is 3.13. The molecule has 18 heavy (non-hydrogen) atoms. The van der Waals surface area contributed by atoms with E-state index in [0.29, 0.717) is 5.15 Å². The highest BCUT2D eigenvalue weighted by Crippen LogP contribution is 2.31. The van der Waals surface area contributed by atoms with E-state index in [-0.39, 0.29) is 6.04 Å². The molecule has 1 aliphatic carbocycles. The lowest BCUT2D eigenvalue weighted by atomic mass is 10.0. The minimum absolute atomic E-state index is 0.280. The average molecular weight is 283 g/mol. The van der Waals surface area contributed by atoms with Crippen LogP contribution in [0.5, 0.6) is 0 Å². The smallest absolute Gasteiger partial charge is 0.133 e. The Labute approximate surface area is 115 Å². The number of nitrogens with zero attached hydrogens (tertiary/aromatic N) is 3. The monoisotopic (exact) mass is 282 g/mol. The highest BCUT2D eigenvalue weighted by molar-refractivity contribution is 7.11. The molecule has 0 aromatic carbocycles. The Morgan fingerprint density at radius 3 is 2.89 bits per heavy atom. The molecule has 0 aliphatic heterocycles. The van der Waals surface area contributed by atoms with Crippen LogP contribution in [-0.2, 0) is 19.9 Å². The first-order valence-corrected chi connectivity index (χ1v) is 7.27. The van der Waals surface area contributed by atoms with Gasteiger partial charge in [0.05, 0.1) is 11.9 Å². The first-order chi connectivity index (χ1) is 8.66. The molecule has 1 atom stereocenters. The maximum absolute atomic E-state index is 6.25. The molecule has 6 heteroatoms. The van der Waals surface area contributed by atoms with Crippen molar-refractivity contribution < 1.29 is 0 Å². The molecule has 3 rings (SSSR count). The molecule has 4 nitrogen and oxygen atoms in total. The fourth-order valence-electron chi connectivity index (χ4n) is 2.31. The summed E-state index contributed by atoms with van der Waals surface area (Å²) in [6.45, 7) is 0. The maximum Gasteiger partial charge on any atom is 0.133 e. The highest BCUT2D eigenvalue weighted by Gasteiger charge is 2.22. The summed E-state index contributed by atoms with van der Waals surface area (Å²) in [6, 6.07) is -0.280. The van der Waals surface area contributed by atoms with Crippen molar-refractivity contribution in [3.05, 3.63) is 32.8 Å². The fraction of sp³-hybridized carbons (Fsp3) is 0.500. The molecule has 2 aromatic rings. The van der Waals surface area contributed by atoms with E-state index in [1.165, 1.54) is 23.4 Å². The van der Waals surface area contributed by atoms with Crippen molar-refractivity contribution in [3.63, 3.8) is 0 Å². The van der Waals surface area contributed by atoms with Gasteiger partial charge in [-0.2, -0.15) is 0 Å². The minimum Gasteiger partial charge on any atom is -0.321 e. The predicted molar refractivity (Wildman–Crippen MR) is 73.0 cm³/mol. The van der Waals surface area contributed by atoms with Crippen molar-refractivity contribution in [2.24, 2.45) is 12.8 Å². The highest BCUT2D eigenvalue weighted by atomic mass is 35.5. The minimum atomic E-state index is -0.280. The van der Waals surface area contributed by atoms with Crippen LogP contribution in [-0.4, -0.2) is 14.5 Å². The van der Waals surface area contributed by atoms with Crippen LogP contribution in [0.3, 0.4) is 0 Å². The number of imidazole rings is 1. The third kappa shape index (κ3) is 1.96. The van der Waals surface area contributed by atoms with Crippen LogP contribution < -0.4 is 5.73 Å². The second-order valence-corrected chi connectivity index (χ2v) is 6.11. The van der Waals surface area contributed by atoms with Gasteiger partial charge in [-0.3, -0.25) is 0 Å². The quantitative estimate of drug-likeness (QED) is 0.920. The van der Waals surface area contributed by atoms with E-state index >= 15 is 0 Å². The Morgan fingerprint density at radius 1 is 1.44 bits per heavy atom. The van der Waals surface area contributed by atoms with Crippen LogP contribution in [0.15, 0.2) is 6.20 Å². The second-order valence-electron chi connectivity index (χ2n) is 4.60. The van der Waals surface area contributed by atoms with Crippen LogP contribution in [0.1, 0.15) is 40.3 Å². The molecule has 0 amide bonds. The summed E-state index contributed by atoms with van der Waals surface area (Å²) in [6.07, 6.45) is 6.35. The molecule has 2 aromatic heterocycles. The summed E-state index contributed by atoms with van der Waals surface area (Å²) in [4.78, 5) is 10.3. The van der Waals surface area contributed by atoms with Crippen molar-refractivity contribution in [1.29, 1.82) is 0 Å². The van der Waals surface area contributed by atoms with Gasteiger partial charge >= 0.3 is 0 Å². The third-order valence-electron chi connectivity index (χ3n) is 3.37. The predicted octanol–water partition coefficient (Wildman–Crippen LogP) is 2.46. The SMILES string of the molecule is Cn1c(Cl)cnc1C(N)c1nc2c(s1)CCCC2. The van der Waals surface area contributed by atoms with Gasteiger partial charge in [0.25, 0.3) is 0 Å². The Balaban J connectivity index is 1.94. The van der Waals surface area contributed by atoms with E-state index in [4.69, 9.17) is 17.3 Å². The molecular weight excluding hydrogens is 268 g/mol. The van der Waals surface area contributed by atoms with Gasteiger partial charge in [-0.25, -0.2) is 9.97 Å². The summed E-state index contributed by atoms with van der Waals surface area (Å²) in [7, 11) is 1.87. The van der Waals surface area contributed by atoms with Gasteiger partial charge in [0.15, 0.2) is 0 Å². The van der Waals surface area contributed by atoms with Gasteiger partial charge in [0.2, 0.25) is 0 Å². The normalized spacial score (nSPS) is 16.6. The van der Waals surface area contributed by atoms with E-state index in [0.717, 1.165) is 23.7 Å². The van der Waals surface area contributed by atoms with E-state index in [9.17, 15) is 0 Å². The van der Waals surface area contributed by atoms with E-state index < -0.39 is 0 Å². The standard InChI is InChI=1S/C12H15ClN4S/c1-17-9(13)6-15-11(17)10(14)12-16-7-4-2-3-5-8(7)18-12/h6,10H,2-5,14H2,1H3. The van der Waals surface area contributed by atoms with Gasteiger partial charge in [-0.1, -0.05) is 11.6 Å². The molecule has 1 aliphatic rings. The molecule has 0 saturated carbocycles. The average Bonchev–Trinajstić information content (AvgIpc) is 2.94. The Bertz CT molecular complexity index is 551. The second kappa shape index (κ2) is 4.64. The lowest BCUT2D eigenvalue weighted by Crippen LogP contribution is -2.16. The maximum atomic E-state index is 6.25. The Hall–Kier alpha value is -0.910. The molecule has 0 saturated heterocycles. The van der Waals surface area contributed by atoms with Gasteiger partial charge in [-0.05, 0) is 25.7 Å².